The van der Waals surface area contributed by atoms with Crippen molar-refractivity contribution in [2.75, 3.05) is 19.6 Å². The van der Waals surface area contributed by atoms with Crippen LogP contribution in [0.4, 0.5) is 0 Å². The van der Waals surface area contributed by atoms with Gasteiger partial charge < -0.3 is 10.2 Å². The highest BCUT2D eigenvalue weighted by Gasteiger charge is 2.24. The van der Waals surface area contributed by atoms with Gasteiger partial charge in [-0.3, -0.25) is 4.68 Å². The van der Waals surface area contributed by atoms with Crippen LogP contribution in [0.3, 0.4) is 0 Å². The summed E-state index contributed by atoms with van der Waals surface area (Å²) in [6.45, 7) is 9.77. The zero-order chi connectivity index (χ0) is 17.9. The van der Waals surface area contributed by atoms with Crippen molar-refractivity contribution in [2.24, 2.45) is 0 Å². The van der Waals surface area contributed by atoms with E-state index in [1.54, 1.807) is 0 Å². The second-order valence-electron chi connectivity index (χ2n) is 7.77. The van der Waals surface area contributed by atoms with Crippen LogP contribution in [0.2, 0.25) is 0 Å². The summed E-state index contributed by atoms with van der Waals surface area (Å²) in [5, 5.41) is 9.69. The van der Waals surface area contributed by atoms with E-state index in [1.165, 1.54) is 72.8 Å². The molecule has 0 amide bonds. The second-order valence-corrected chi connectivity index (χ2v) is 9.06. The zero-order valence-corrected chi connectivity index (χ0v) is 16.9. The molecule has 1 unspecified atom stereocenters. The van der Waals surface area contributed by atoms with Gasteiger partial charge in [0.2, 0.25) is 0 Å². The van der Waals surface area contributed by atoms with E-state index in [0.29, 0.717) is 6.04 Å². The van der Waals surface area contributed by atoms with Gasteiger partial charge in [0.05, 0.1) is 29.0 Å². The molecule has 0 bridgehead atoms. The smallest absolute Gasteiger partial charge is 0.0900 e. The van der Waals surface area contributed by atoms with E-state index in [2.05, 4.69) is 34.9 Å². The average molecular weight is 374 g/mol. The first kappa shape index (κ1) is 18.1. The molecule has 6 heteroatoms. The Morgan fingerprint density at radius 3 is 2.85 bits per heavy atom. The molecular weight excluding hydrogens is 342 g/mol. The van der Waals surface area contributed by atoms with Crippen LogP contribution in [0, 0.1) is 13.8 Å². The third-order valence-corrected chi connectivity index (χ3v) is 6.79. The zero-order valence-electron chi connectivity index (χ0n) is 16.1. The molecule has 0 aromatic carbocycles. The van der Waals surface area contributed by atoms with Gasteiger partial charge in [-0.15, -0.1) is 11.3 Å². The van der Waals surface area contributed by atoms with E-state index in [9.17, 15) is 0 Å². The molecule has 4 rings (SSSR count). The lowest BCUT2D eigenvalue weighted by Gasteiger charge is -2.26. The standard InChI is InChI=1S/C20H31N5S/c1-15-17(14-25(23-15)12-11-24-9-4-3-5-10-24)13-21-18-7-6-8-19-20(18)22-16(2)26-19/h14,18,21H,3-13H2,1-2H3. The molecule has 0 radical (unpaired) electrons. The summed E-state index contributed by atoms with van der Waals surface area (Å²) in [5.74, 6) is 0. The topological polar surface area (TPSA) is 46.0 Å². The van der Waals surface area contributed by atoms with Crippen LogP contribution >= 0.6 is 11.3 Å². The monoisotopic (exact) mass is 373 g/mol. The Morgan fingerprint density at radius 1 is 1.15 bits per heavy atom. The number of aryl methyl sites for hydroxylation is 3. The number of fused-ring (bicyclic) bond motifs is 1. The molecule has 3 heterocycles. The predicted molar refractivity (Wildman–Crippen MR) is 107 cm³/mol. The van der Waals surface area contributed by atoms with Crippen LogP contribution in [-0.4, -0.2) is 39.3 Å². The summed E-state index contributed by atoms with van der Waals surface area (Å²) >= 11 is 1.87. The van der Waals surface area contributed by atoms with Crippen molar-refractivity contribution in [1.82, 2.24) is 25.0 Å². The van der Waals surface area contributed by atoms with Crippen molar-refractivity contribution in [3.05, 3.63) is 33.0 Å². The minimum Gasteiger partial charge on any atom is -0.304 e. The van der Waals surface area contributed by atoms with E-state index in [0.717, 1.165) is 25.3 Å². The molecule has 1 atom stereocenters. The first-order valence-electron chi connectivity index (χ1n) is 10.1. The molecular formula is C20H31N5S. The molecule has 0 saturated carbocycles. The number of nitrogens with one attached hydrogen (secondary N) is 1. The Morgan fingerprint density at radius 2 is 2.00 bits per heavy atom. The first-order chi connectivity index (χ1) is 12.7. The van der Waals surface area contributed by atoms with Gasteiger partial charge in [0, 0.05) is 29.7 Å². The van der Waals surface area contributed by atoms with Gasteiger partial charge in [-0.05, 0) is 59.0 Å². The Bertz CT molecular complexity index is 729. The van der Waals surface area contributed by atoms with Crippen LogP contribution in [0.1, 0.15) is 65.0 Å². The van der Waals surface area contributed by atoms with Crippen LogP contribution in [0.15, 0.2) is 6.20 Å². The van der Waals surface area contributed by atoms with Crippen LogP contribution < -0.4 is 5.32 Å². The average Bonchev–Trinajstić information content (AvgIpc) is 3.20. The van der Waals surface area contributed by atoms with Gasteiger partial charge in [0.1, 0.15) is 0 Å². The van der Waals surface area contributed by atoms with E-state index in [-0.39, 0.29) is 0 Å². The summed E-state index contributed by atoms with van der Waals surface area (Å²) in [4.78, 5) is 8.85. The highest BCUT2D eigenvalue weighted by atomic mass is 32.1. The minimum absolute atomic E-state index is 0.403. The fourth-order valence-corrected chi connectivity index (χ4v) is 5.29. The summed E-state index contributed by atoms with van der Waals surface area (Å²) < 4.78 is 2.14. The van der Waals surface area contributed by atoms with Crippen molar-refractivity contribution in [1.29, 1.82) is 0 Å². The molecule has 142 valence electrons. The molecule has 1 fully saturated rings. The molecule has 2 aromatic heterocycles. The lowest BCUT2D eigenvalue weighted by Crippen LogP contribution is -2.32. The van der Waals surface area contributed by atoms with Crippen molar-refractivity contribution in [3.8, 4) is 0 Å². The fourth-order valence-electron chi connectivity index (χ4n) is 4.25. The predicted octanol–water partition coefficient (Wildman–Crippen LogP) is 3.61. The maximum absolute atomic E-state index is 4.78. The highest BCUT2D eigenvalue weighted by molar-refractivity contribution is 7.11. The maximum Gasteiger partial charge on any atom is 0.0900 e. The van der Waals surface area contributed by atoms with E-state index in [1.807, 2.05) is 11.3 Å². The number of piperidine rings is 1. The largest absolute Gasteiger partial charge is 0.304 e. The second kappa shape index (κ2) is 8.19. The van der Waals surface area contributed by atoms with Gasteiger partial charge in [-0.25, -0.2) is 4.98 Å². The fraction of sp³-hybridized carbons (Fsp3) is 0.700. The Labute approximate surface area is 160 Å². The molecule has 1 aliphatic carbocycles. The van der Waals surface area contributed by atoms with Gasteiger partial charge >= 0.3 is 0 Å². The molecule has 26 heavy (non-hydrogen) atoms. The third kappa shape index (κ3) is 4.18. The number of nitrogens with zero attached hydrogens (tertiary/aromatic N) is 4. The van der Waals surface area contributed by atoms with E-state index >= 15 is 0 Å². The van der Waals surface area contributed by atoms with E-state index < -0.39 is 0 Å². The molecule has 2 aliphatic rings. The lowest BCUT2D eigenvalue weighted by atomic mass is 9.97. The van der Waals surface area contributed by atoms with Gasteiger partial charge in [0.25, 0.3) is 0 Å². The quantitative estimate of drug-likeness (QED) is 0.840. The van der Waals surface area contributed by atoms with Gasteiger partial charge in [-0.1, -0.05) is 6.42 Å². The molecule has 0 spiro atoms. The Hall–Kier alpha value is -1.24. The van der Waals surface area contributed by atoms with Crippen LogP contribution in [0.5, 0.6) is 0 Å². The van der Waals surface area contributed by atoms with Crippen molar-refractivity contribution < 1.29 is 0 Å². The number of likely N-dealkylation sites (tertiary alicyclic amines) is 1. The van der Waals surface area contributed by atoms with Crippen LogP contribution in [0.25, 0.3) is 0 Å². The molecule has 1 saturated heterocycles. The molecule has 2 aromatic rings. The number of hydrogen-bond donors (Lipinski definition) is 1. The Balaban J connectivity index is 1.33. The SMILES string of the molecule is Cc1nc2c(s1)CCCC2NCc1cn(CCN2CCCCC2)nc1C. The number of rotatable bonds is 6. The number of thiazole rings is 1. The third-order valence-electron chi connectivity index (χ3n) is 5.74. The minimum atomic E-state index is 0.403. The van der Waals surface area contributed by atoms with E-state index in [4.69, 9.17) is 10.1 Å². The number of hydrogen-bond acceptors (Lipinski definition) is 5. The molecule has 1 aliphatic heterocycles. The normalized spacial score (nSPS) is 21.1. The van der Waals surface area contributed by atoms with Crippen molar-refractivity contribution in [3.63, 3.8) is 0 Å². The summed E-state index contributed by atoms with van der Waals surface area (Å²) in [6, 6.07) is 0.403. The van der Waals surface area contributed by atoms with Gasteiger partial charge in [0.15, 0.2) is 0 Å². The lowest BCUT2D eigenvalue weighted by molar-refractivity contribution is 0.218. The number of aromatic nitrogens is 3. The maximum atomic E-state index is 4.78. The summed E-state index contributed by atoms with van der Waals surface area (Å²) in [7, 11) is 0. The molecule has 5 nitrogen and oxygen atoms in total. The van der Waals surface area contributed by atoms with Crippen molar-refractivity contribution >= 4 is 11.3 Å². The highest BCUT2D eigenvalue weighted by Crippen LogP contribution is 2.33. The van der Waals surface area contributed by atoms with Crippen LogP contribution in [-0.2, 0) is 19.5 Å². The summed E-state index contributed by atoms with van der Waals surface area (Å²) in [6.07, 6.45) is 10.0. The Kier molecular flexibility index (Phi) is 5.72. The first-order valence-corrected chi connectivity index (χ1v) is 11.0. The summed E-state index contributed by atoms with van der Waals surface area (Å²) in [5.41, 5.74) is 3.78. The molecule has 1 N–H and O–H groups in total. The van der Waals surface area contributed by atoms with Gasteiger partial charge in [-0.2, -0.15) is 5.10 Å². The van der Waals surface area contributed by atoms with Crippen molar-refractivity contribution in [2.45, 2.75) is 71.5 Å².